The van der Waals surface area contributed by atoms with Gasteiger partial charge in [-0.2, -0.15) is 0 Å². The van der Waals surface area contributed by atoms with E-state index in [4.69, 9.17) is 44.4 Å². The third-order valence-electron chi connectivity index (χ3n) is 13.6. The number of ether oxygens (including phenoxy) is 6. The van der Waals surface area contributed by atoms with E-state index in [0.29, 0.717) is 83.5 Å². The Labute approximate surface area is 590 Å². The number of fused-ring (bicyclic) bond motifs is 3. The van der Waals surface area contributed by atoms with Crippen molar-refractivity contribution in [3.63, 3.8) is 0 Å². The number of carbonyl (C=O) groups is 8. The normalized spacial score (nSPS) is 12.4. The second kappa shape index (κ2) is 39.8. The van der Waals surface area contributed by atoms with Crippen molar-refractivity contribution in [2.75, 3.05) is 40.9 Å². The van der Waals surface area contributed by atoms with Gasteiger partial charge in [-0.1, -0.05) is 40.5 Å². The van der Waals surface area contributed by atoms with E-state index in [1.54, 1.807) is 121 Å². The fourth-order valence-corrected chi connectivity index (χ4v) is 10.0. The van der Waals surface area contributed by atoms with Gasteiger partial charge in [0.1, 0.15) is 48.1 Å². The Morgan fingerprint density at radius 2 is 0.827 bits per heavy atom. The largest absolute Gasteiger partial charge is 1.00 e. The zero-order chi connectivity index (χ0) is 66.3. The zero-order valence-electron chi connectivity index (χ0n) is 55.1. The molecule has 27 nitrogen and oxygen atoms in total. The Bertz CT molecular complexity index is 3730. The van der Waals surface area contributed by atoms with E-state index >= 15 is 0 Å². The molecule has 5 amide bonds. The van der Waals surface area contributed by atoms with Crippen LogP contribution in [0.5, 0.6) is 34.9 Å². The van der Waals surface area contributed by atoms with Gasteiger partial charge < -0.3 is 80.7 Å². The molecule has 530 valence electrons. The summed E-state index contributed by atoms with van der Waals surface area (Å²) in [6.45, 7) is 18.2. The van der Waals surface area contributed by atoms with E-state index in [9.17, 15) is 38.4 Å². The minimum absolute atomic E-state index is 0. The number of nitrogens with two attached hydrogens (primary N) is 1. The quantitative estimate of drug-likeness (QED) is 0.0309. The molecule has 0 radical (unpaired) electrons. The number of esters is 1. The average Bonchev–Trinajstić information content (AvgIpc) is 0.802. The van der Waals surface area contributed by atoms with Crippen molar-refractivity contribution < 1.29 is 107 Å². The van der Waals surface area contributed by atoms with Crippen LogP contribution in [0.25, 0.3) is 0 Å². The Hall–Kier alpha value is -9.36. The monoisotopic (exact) mass is 1380 g/mol. The van der Waals surface area contributed by atoms with Crippen LogP contribution in [0.3, 0.4) is 0 Å². The van der Waals surface area contributed by atoms with Crippen molar-refractivity contribution in [3.8, 4) is 34.9 Å². The maximum atomic E-state index is 12.5. The van der Waals surface area contributed by atoms with Crippen molar-refractivity contribution in [1.29, 1.82) is 0 Å². The van der Waals surface area contributed by atoms with Gasteiger partial charge in [-0.05, 0) is 160 Å². The second-order valence-corrected chi connectivity index (χ2v) is 23.4. The van der Waals surface area contributed by atoms with Gasteiger partial charge in [-0.3, -0.25) is 28.8 Å². The molecule has 9 N–H and O–H groups in total. The summed E-state index contributed by atoms with van der Waals surface area (Å²) in [4.78, 5) is 112. The Balaban J connectivity index is 0.00000140. The molecule has 3 aliphatic rings. The first-order valence-electron chi connectivity index (χ1n) is 29.5. The minimum Gasteiger partial charge on any atom is -0.870 e. The van der Waals surface area contributed by atoms with Gasteiger partial charge in [-0.15, -0.1) is 12.4 Å². The first kappa shape index (κ1) is 88.6. The number of rotatable bonds is 18. The van der Waals surface area contributed by atoms with Crippen LogP contribution in [-0.4, -0.2) is 121 Å². The van der Waals surface area contributed by atoms with Crippen LogP contribution in [0.15, 0.2) is 91.0 Å². The molecule has 0 bridgehead atoms. The van der Waals surface area contributed by atoms with Gasteiger partial charge in [-0.25, -0.2) is 24.5 Å². The van der Waals surface area contributed by atoms with Gasteiger partial charge in [0.25, 0.3) is 0 Å². The molecule has 3 aliphatic heterocycles. The molecule has 0 saturated carbocycles. The molecular formula is C69H93ClLiN9O18. The number of hydrogen-bond donors (Lipinski definition) is 5. The number of aromatic nitrogens is 3. The number of aryl methyl sites for hydroxylation is 3. The second-order valence-electron chi connectivity index (χ2n) is 23.4. The molecule has 0 atom stereocenters. The van der Waals surface area contributed by atoms with Crippen LogP contribution in [0.4, 0.5) is 26.7 Å². The standard InChI is InChI=1S/C25H31N3O6.C23H27N3O6.C18H19N3O4.3CH4.ClH.Li.2H2O/c1-6-32-23(30)15-28-19-8-7-9-20(18(19)10-11-22(28)29)33-21-13-17(12-16(2)27-21)14-26-24(31)34-25(3,4)5;1-14-10-15(12-24-22(30)32-23(2,3)4)11-19(25-14)31-18-7-5-6-17-16(18)8-9-20(27)26(17)13-21(28)29;1-11-7-12(9-19)8-16(20-11)25-15-4-2-3-14-13(15)5-6-17(22)21(14)10-18(23)24;;;;;;;/h7-9,12-13H,6,10-11,14-15H2,1-5H3,(H,26,31);5-7,10-11H,8-9,12-13H2,1-4H3,(H,24,30)(H,28,29);2-4,7-8H,5-6,9-10,19H2,1H3,(H,23,24);3*1H4;1H;;2*1H2/q;;;;;;;+1;;/p-1. The van der Waals surface area contributed by atoms with Crippen molar-refractivity contribution in [2.45, 2.75) is 161 Å². The number of pyridine rings is 3. The molecule has 29 heteroatoms. The number of nitrogens with one attached hydrogen (secondary N) is 2. The van der Waals surface area contributed by atoms with Crippen molar-refractivity contribution >= 4 is 77.3 Å². The first-order chi connectivity index (χ1) is 43.0. The number of nitrogens with zero attached hydrogens (tertiary/aromatic N) is 6. The zero-order valence-corrected chi connectivity index (χ0v) is 55.9. The van der Waals surface area contributed by atoms with Gasteiger partial charge >= 0.3 is 49.0 Å². The summed E-state index contributed by atoms with van der Waals surface area (Å²) >= 11 is 0. The molecule has 0 spiro atoms. The van der Waals surface area contributed by atoms with E-state index in [2.05, 4.69) is 25.6 Å². The van der Waals surface area contributed by atoms with Crippen LogP contribution in [0.2, 0.25) is 0 Å². The van der Waals surface area contributed by atoms with Crippen molar-refractivity contribution in [1.82, 2.24) is 25.6 Å². The Kier molecular flexibility index (Phi) is 36.0. The number of carbonyl (C=O) groups excluding carboxylic acids is 6. The molecule has 0 aliphatic carbocycles. The van der Waals surface area contributed by atoms with Gasteiger partial charge in [0.2, 0.25) is 35.4 Å². The summed E-state index contributed by atoms with van der Waals surface area (Å²) in [5, 5.41) is 23.6. The number of benzene rings is 3. The SMILES string of the molecule is C.C.C.CCOC(=O)CN1C(=O)CCc2c(Oc3cc(CNC(=O)OC(C)(C)C)cc(C)n3)cccc21.Cc1cc(CN)cc(Oc2cccc3c2CCC(=O)N3CC(=O)O)n1.Cc1cc(CNC(=O)OC(C)(C)C)cc(Oc2cccc3c2CCC(=O)N3CC(=O)O)n1.Cl.O.[Li+].[OH-]. The van der Waals surface area contributed by atoms with E-state index in [1.807, 2.05) is 39.0 Å². The van der Waals surface area contributed by atoms with Crippen molar-refractivity contribution in [2.24, 2.45) is 5.73 Å². The van der Waals surface area contributed by atoms with Crippen LogP contribution in [-0.2, 0) is 81.9 Å². The Morgan fingerprint density at radius 3 is 1.12 bits per heavy atom. The number of alkyl carbamates (subject to hydrolysis) is 2. The number of halogens is 1. The number of hydrogen-bond acceptors (Lipinski definition) is 19. The van der Waals surface area contributed by atoms with E-state index < -0.39 is 47.8 Å². The maximum Gasteiger partial charge on any atom is 1.00 e. The number of carboxylic acid groups (broad SMARTS) is 2. The van der Waals surface area contributed by atoms with E-state index in [-0.39, 0.29) is 134 Å². The minimum atomic E-state index is -1.08. The average molecular weight is 1380 g/mol. The summed E-state index contributed by atoms with van der Waals surface area (Å²) in [5.74, 6) is -0.411. The number of aliphatic carboxylic acids is 2. The smallest absolute Gasteiger partial charge is 0.870 e. The van der Waals surface area contributed by atoms with Crippen molar-refractivity contribution in [3.05, 3.63) is 141 Å². The molecule has 0 unspecified atom stereocenters. The molecule has 6 aromatic rings. The predicted molar refractivity (Wildman–Crippen MR) is 367 cm³/mol. The first-order valence-corrected chi connectivity index (χ1v) is 29.5. The van der Waals surface area contributed by atoms with Crippen LogP contribution >= 0.6 is 12.4 Å². The molecule has 0 saturated heterocycles. The van der Waals surface area contributed by atoms with Crippen LogP contribution < -0.4 is 64.1 Å². The summed E-state index contributed by atoms with van der Waals surface area (Å²) in [7, 11) is 0. The van der Waals surface area contributed by atoms with Crippen LogP contribution in [0.1, 0.15) is 140 Å². The fourth-order valence-electron chi connectivity index (χ4n) is 10.0. The summed E-state index contributed by atoms with van der Waals surface area (Å²) in [6, 6.07) is 26.6. The molecule has 3 aromatic heterocycles. The van der Waals surface area contributed by atoms with Crippen LogP contribution in [0, 0.1) is 20.8 Å². The van der Waals surface area contributed by atoms with Gasteiger partial charge in [0, 0.05) is 90.9 Å². The molecule has 3 aromatic carbocycles. The number of carboxylic acids is 2. The molecule has 6 heterocycles. The predicted octanol–water partition coefficient (Wildman–Crippen LogP) is 7.96. The summed E-state index contributed by atoms with van der Waals surface area (Å²) < 4.78 is 33.6. The van der Waals surface area contributed by atoms with Gasteiger partial charge in [0.15, 0.2) is 0 Å². The Morgan fingerprint density at radius 1 is 0.520 bits per heavy atom. The van der Waals surface area contributed by atoms with E-state index in [1.165, 1.54) is 14.7 Å². The molecule has 9 rings (SSSR count). The topological polar surface area (TPSA) is 392 Å². The third-order valence-corrected chi connectivity index (χ3v) is 13.6. The number of anilines is 3. The summed E-state index contributed by atoms with van der Waals surface area (Å²) in [6.07, 6.45) is 1.11. The number of amides is 5. The molecular weight excluding hydrogens is 1290 g/mol. The third kappa shape index (κ3) is 25.9. The maximum absolute atomic E-state index is 12.5. The molecule has 98 heavy (non-hydrogen) atoms. The summed E-state index contributed by atoms with van der Waals surface area (Å²) in [5.41, 5.74) is 13.4. The fraction of sp³-hybridized carbons (Fsp3) is 0.406. The van der Waals surface area contributed by atoms with Gasteiger partial charge in [0.05, 0.1) is 23.7 Å². The van der Waals surface area contributed by atoms with E-state index in [0.717, 1.165) is 44.8 Å². The molecule has 0 fully saturated rings.